The molecule has 1 unspecified atom stereocenters. The van der Waals surface area contributed by atoms with Crippen LogP contribution in [-0.4, -0.2) is 0 Å². The van der Waals surface area contributed by atoms with Crippen molar-refractivity contribution in [3.63, 3.8) is 0 Å². The molecule has 0 N–H and O–H groups in total. The molecule has 3 rings (SSSR count). The van der Waals surface area contributed by atoms with Crippen LogP contribution in [0.3, 0.4) is 0 Å². The van der Waals surface area contributed by atoms with Gasteiger partial charge in [-0.25, -0.2) is 4.39 Å². The van der Waals surface area contributed by atoms with E-state index in [1.165, 1.54) is 23.6 Å². The molecule has 23 heavy (non-hydrogen) atoms. The van der Waals surface area contributed by atoms with E-state index in [0.717, 1.165) is 24.3 Å². The zero-order valence-corrected chi connectivity index (χ0v) is 14.3. The molecule has 120 valence electrons. The van der Waals surface area contributed by atoms with Crippen LogP contribution in [0.5, 0.6) is 0 Å². The third-order valence-electron chi connectivity index (χ3n) is 5.08. The molecule has 2 aromatic carbocycles. The maximum Gasteiger partial charge on any atom is 0.131 e. The lowest BCUT2D eigenvalue weighted by atomic mass is 9.72. The summed E-state index contributed by atoms with van der Waals surface area (Å²) in [5.41, 5.74) is 4.71. The summed E-state index contributed by atoms with van der Waals surface area (Å²) in [7, 11) is 0. The van der Waals surface area contributed by atoms with Crippen molar-refractivity contribution in [3.05, 3.63) is 66.0 Å². The van der Waals surface area contributed by atoms with E-state index in [9.17, 15) is 4.39 Å². The monoisotopic (exact) mass is 308 g/mol. The lowest BCUT2D eigenvalue weighted by molar-refractivity contribution is 0.225. The minimum atomic E-state index is -0.162. The largest absolute Gasteiger partial charge is 0.206 e. The molecule has 1 aliphatic carbocycles. The van der Waals surface area contributed by atoms with E-state index in [0.29, 0.717) is 11.0 Å². The smallest absolute Gasteiger partial charge is 0.131 e. The van der Waals surface area contributed by atoms with E-state index in [-0.39, 0.29) is 5.82 Å². The second-order valence-electron chi connectivity index (χ2n) is 7.62. The van der Waals surface area contributed by atoms with Crippen molar-refractivity contribution in [2.45, 2.75) is 40.0 Å². The highest BCUT2D eigenvalue weighted by molar-refractivity contribution is 5.71. The third-order valence-corrected chi connectivity index (χ3v) is 5.08. The van der Waals surface area contributed by atoms with E-state index in [4.69, 9.17) is 0 Å². The van der Waals surface area contributed by atoms with E-state index in [1.54, 1.807) is 6.07 Å². The van der Waals surface area contributed by atoms with Gasteiger partial charge in [-0.1, -0.05) is 69.3 Å². The van der Waals surface area contributed by atoms with Crippen LogP contribution in [-0.2, 0) is 0 Å². The highest BCUT2D eigenvalue weighted by Gasteiger charge is 2.26. The van der Waals surface area contributed by atoms with Gasteiger partial charge in [-0.15, -0.1) is 0 Å². The maximum atomic E-state index is 13.9. The first-order valence-corrected chi connectivity index (χ1v) is 8.49. The highest BCUT2D eigenvalue weighted by atomic mass is 19.1. The average molecular weight is 308 g/mol. The average Bonchev–Trinajstić information content (AvgIpc) is 2.55. The lowest BCUT2D eigenvalue weighted by Crippen LogP contribution is -2.21. The SMILES string of the molecule is CC(C)(C)C1CC=C(c2ccc(-c3ccccc3F)cc2)CC1. The third kappa shape index (κ3) is 3.55. The molecule has 0 aliphatic heterocycles. The van der Waals surface area contributed by atoms with E-state index < -0.39 is 0 Å². The topological polar surface area (TPSA) is 0 Å². The molecule has 0 spiro atoms. The Morgan fingerprint density at radius 3 is 2.13 bits per heavy atom. The summed E-state index contributed by atoms with van der Waals surface area (Å²) in [5, 5.41) is 0. The summed E-state index contributed by atoms with van der Waals surface area (Å²) in [5.74, 6) is 0.606. The molecular weight excluding hydrogens is 283 g/mol. The zero-order valence-electron chi connectivity index (χ0n) is 14.3. The Hall–Kier alpha value is -1.89. The summed E-state index contributed by atoms with van der Waals surface area (Å²) >= 11 is 0. The number of allylic oxidation sites excluding steroid dienone is 2. The van der Waals surface area contributed by atoms with Crippen LogP contribution >= 0.6 is 0 Å². The number of hydrogen-bond acceptors (Lipinski definition) is 0. The van der Waals surface area contributed by atoms with Gasteiger partial charge in [0.05, 0.1) is 0 Å². The zero-order chi connectivity index (χ0) is 16.4. The van der Waals surface area contributed by atoms with Gasteiger partial charge >= 0.3 is 0 Å². The second-order valence-corrected chi connectivity index (χ2v) is 7.62. The van der Waals surface area contributed by atoms with Crippen LogP contribution in [0.15, 0.2) is 54.6 Å². The molecule has 1 heteroatoms. The fraction of sp³-hybridized carbons (Fsp3) is 0.364. The first-order valence-electron chi connectivity index (χ1n) is 8.49. The predicted octanol–water partition coefficient (Wildman–Crippen LogP) is 6.72. The Morgan fingerprint density at radius 2 is 1.57 bits per heavy atom. The van der Waals surface area contributed by atoms with Crippen molar-refractivity contribution in [3.8, 4) is 11.1 Å². The van der Waals surface area contributed by atoms with Gasteiger partial charge < -0.3 is 0 Å². The van der Waals surface area contributed by atoms with Crippen molar-refractivity contribution < 1.29 is 4.39 Å². The standard InChI is InChI=1S/C22H25F/c1-22(2,3)19-14-12-17(13-15-19)16-8-10-18(11-9-16)20-6-4-5-7-21(20)23/h4-12,19H,13-15H2,1-3H3. The Kier molecular flexibility index (Phi) is 4.39. The fourth-order valence-electron chi connectivity index (χ4n) is 3.44. The molecule has 1 atom stereocenters. The number of rotatable bonds is 2. The molecule has 2 aromatic rings. The molecule has 0 aromatic heterocycles. The Labute approximate surface area is 139 Å². The van der Waals surface area contributed by atoms with Crippen LogP contribution in [0.25, 0.3) is 16.7 Å². The molecule has 0 saturated heterocycles. The van der Waals surface area contributed by atoms with E-state index in [1.807, 2.05) is 24.3 Å². The van der Waals surface area contributed by atoms with Gasteiger partial charge in [-0.05, 0) is 53.4 Å². The van der Waals surface area contributed by atoms with Crippen molar-refractivity contribution in [2.75, 3.05) is 0 Å². The summed E-state index contributed by atoms with van der Waals surface area (Å²) in [6.45, 7) is 7.00. The molecule has 0 fully saturated rings. The van der Waals surface area contributed by atoms with Crippen LogP contribution < -0.4 is 0 Å². The summed E-state index contributed by atoms with van der Waals surface area (Å²) in [6, 6.07) is 15.3. The molecule has 0 saturated carbocycles. The van der Waals surface area contributed by atoms with E-state index in [2.05, 4.69) is 39.0 Å². The Morgan fingerprint density at radius 1 is 0.913 bits per heavy atom. The van der Waals surface area contributed by atoms with Crippen LogP contribution in [0.4, 0.5) is 4.39 Å². The van der Waals surface area contributed by atoms with Gasteiger partial charge in [-0.2, -0.15) is 0 Å². The predicted molar refractivity (Wildman–Crippen MR) is 96.6 cm³/mol. The quantitative estimate of drug-likeness (QED) is 0.577. The van der Waals surface area contributed by atoms with Crippen LogP contribution in [0, 0.1) is 17.2 Å². The van der Waals surface area contributed by atoms with Gasteiger partial charge in [0.25, 0.3) is 0 Å². The molecule has 0 bridgehead atoms. The summed E-state index contributed by atoms with van der Waals surface area (Å²) < 4.78 is 13.9. The first-order chi connectivity index (χ1) is 10.9. The molecular formula is C22H25F. The van der Waals surface area contributed by atoms with Gasteiger partial charge in [0.2, 0.25) is 0 Å². The van der Waals surface area contributed by atoms with Gasteiger partial charge in [0.15, 0.2) is 0 Å². The maximum absolute atomic E-state index is 13.9. The Bertz CT molecular complexity index is 701. The fourth-order valence-corrected chi connectivity index (χ4v) is 3.44. The minimum absolute atomic E-state index is 0.162. The number of benzene rings is 2. The Balaban J connectivity index is 1.79. The van der Waals surface area contributed by atoms with Gasteiger partial charge in [0, 0.05) is 5.56 Å². The molecule has 1 aliphatic rings. The number of halogens is 1. The number of hydrogen-bond donors (Lipinski definition) is 0. The first kappa shape index (κ1) is 16.0. The van der Waals surface area contributed by atoms with E-state index >= 15 is 0 Å². The molecule has 0 amide bonds. The molecule has 0 radical (unpaired) electrons. The summed E-state index contributed by atoms with van der Waals surface area (Å²) in [6.07, 6.45) is 5.96. The van der Waals surface area contributed by atoms with Crippen molar-refractivity contribution in [1.29, 1.82) is 0 Å². The van der Waals surface area contributed by atoms with Crippen molar-refractivity contribution >= 4 is 5.57 Å². The molecule has 0 heterocycles. The second kappa shape index (κ2) is 6.31. The van der Waals surface area contributed by atoms with Crippen LogP contribution in [0.1, 0.15) is 45.6 Å². The lowest BCUT2D eigenvalue weighted by Gasteiger charge is -2.33. The van der Waals surface area contributed by atoms with Crippen LogP contribution in [0.2, 0.25) is 0 Å². The normalized spacial score (nSPS) is 18.6. The van der Waals surface area contributed by atoms with Crippen molar-refractivity contribution in [2.24, 2.45) is 11.3 Å². The van der Waals surface area contributed by atoms with Gasteiger partial charge in [-0.3, -0.25) is 0 Å². The van der Waals surface area contributed by atoms with Gasteiger partial charge in [0.1, 0.15) is 5.82 Å². The molecule has 0 nitrogen and oxygen atoms in total. The summed E-state index contributed by atoms with van der Waals surface area (Å²) in [4.78, 5) is 0. The minimum Gasteiger partial charge on any atom is -0.206 e. The highest BCUT2D eigenvalue weighted by Crippen LogP contribution is 2.39. The van der Waals surface area contributed by atoms with Crippen molar-refractivity contribution in [1.82, 2.24) is 0 Å².